The average molecular weight is 346 g/mol. The second kappa shape index (κ2) is 7.04. The van der Waals surface area contributed by atoms with E-state index in [4.69, 9.17) is 0 Å². The van der Waals surface area contributed by atoms with Gasteiger partial charge in [0, 0.05) is 36.6 Å². The molecule has 2 heterocycles. The molecule has 0 fully saturated rings. The van der Waals surface area contributed by atoms with Crippen LogP contribution in [-0.4, -0.2) is 20.4 Å². The summed E-state index contributed by atoms with van der Waals surface area (Å²) >= 11 is 0. The summed E-state index contributed by atoms with van der Waals surface area (Å²) in [6.45, 7) is 3.53. The van der Waals surface area contributed by atoms with Gasteiger partial charge in [0.05, 0.1) is 17.4 Å². The van der Waals surface area contributed by atoms with Gasteiger partial charge in [-0.3, -0.25) is 4.79 Å². The van der Waals surface area contributed by atoms with Gasteiger partial charge in [0.2, 0.25) is 5.91 Å². The third kappa shape index (κ3) is 3.20. The predicted octanol–water partition coefficient (Wildman–Crippen LogP) is 3.79. The van der Waals surface area contributed by atoms with Crippen LogP contribution in [0.5, 0.6) is 0 Å². The molecule has 132 valence electrons. The van der Waals surface area contributed by atoms with Crippen molar-refractivity contribution in [3.05, 3.63) is 66.1 Å². The van der Waals surface area contributed by atoms with Crippen molar-refractivity contribution >= 4 is 27.8 Å². The van der Waals surface area contributed by atoms with Gasteiger partial charge >= 0.3 is 0 Å². The minimum absolute atomic E-state index is 0.0643. The Labute approximate surface area is 152 Å². The van der Waals surface area contributed by atoms with E-state index in [0.717, 1.165) is 35.1 Å². The predicted molar refractivity (Wildman–Crippen MR) is 104 cm³/mol. The summed E-state index contributed by atoms with van der Waals surface area (Å²) in [6.07, 6.45) is 5.06. The van der Waals surface area contributed by atoms with Gasteiger partial charge in [0.25, 0.3) is 0 Å². The van der Waals surface area contributed by atoms with E-state index in [1.807, 2.05) is 30.7 Å². The van der Waals surface area contributed by atoms with E-state index in [9.17, 15) is 4.79 Å². The molecule has 5 nitrogen and oxygen atoms in total. The first-order valence-corrected chi connectivity index (χ1v) is 9.00. The van der Waals surface area contributed by atoms with Crippen LogP contribution in [0.25, 0.3) is 21.9 Å². The van der Waals surface area contributed by atoms with Crippen molar-refractivity contribution in [1.82, 2.24) is 19.9 Å². The number of H-pyrrole nitrogens is 1. The van der Waals surface area contributed by atoms with E-state index >= 15 is 0 Å². The number of benzene rings is 2. The zero-order valence-corrected chi connectivity index (χ0v) is 14.8. The molecule has 2 aromatic carbocycles. The number of amides is 1. The lowest BCUT2D eigenvalue weighted by Gasteiger charge is -2.06. The highest BCUT2D eigenvalue weighted by molar-refractivity contribution is 5.84. The van der Waals surface area contributed by atoms with Gasteiger partial charge in [0.15, 0.2) is 0 Å². The zero-order valence-electron chi connectivity index (χ0n) is 14.8. The number of carbonyl (C=O) groups excluding carboxylic acids is 1. The number of aryl methyl sites for hydroxylation is 2. The minimum atomic E-state index is 0.0643. The number of aromatic amines is 1. The van der Waals surface area contributed by atoms with Gasteiger partial charge in [-0.15, -0.1) is 0 Å². The second-order valence-corrected chi connectivity index (χ2v) is 6.49. The Morgan fingerprint density at radius 3 is 3.00 bits per heavy atom. The largest absolute Gasteiger partial charge is 0.361 e. The van der Waals surface area contributed by atoms with Crippen LogP contribution in [0.3, 0.4) is 0 Å². The molecule has 0 aliphatic heterocycles. The number of imidazole rings is 1. The number of hydrogen-bond donors (Lipinski definition) is 2. The zero-order chi connectivity index (χ0) is 17.9. The molecule has 0 bridgehead atoms. The topological polar surface area (TPSA) is 62.7 Å². The molecular weight excluding hydrogens is 324 g/mol. The van der Waals surface area contributed by atoms with Crippen molar-refractivity contribution < 1.29 is 4.79 Å². The summed E-state index contributed by atoms with van der Waals surface area (Å²) in [5.41, 5.74) is 5.46. The smallest absolute Gasteiger partial charge is 0.220 e. The quantitative estimate of drug-likeness (QED) is 0.558. The van der Waals surface area contributed by atoms with E-state index < -0.39 is 0 Å². The van der Waals surface area contributed by atoms with E-state index in [0.29, 0.717) is 13.0 Å². The number of hydrogen-bond acceptors (Lipinski definition) is 2. The van der Waals surface area contributed by atoms with Crippen LogP contribution in [0.1, 0.15) is 24.5 Å². The Balaban J connectivity index is 1.35. The SMILES string of the molecule is CCn1cnc2cc(CNC(=O)CCc3c[nH]c4ccccc34)ccc21. The van der Waals surface area contributed by atoms with Crippen LogP contribution in [-0.2, 0) is 24.3 Å². The molecular formula is C21H22N4O. The molecule has 0 atom stereocenters. The summed E-state index contributed by atoms with van der Waals surface area (Å²) in [5, 5.41) is 4.20. The van der Waals surface area contributed by atoms with E-state index in [2.05, 4.69) is 51.0 Å². The molecule has 2 N–H and O–H groups in total. The highest BCUT2D eigenvalue weighted by Gasteiger charge is 2.08. The number of fused-ring (bicyclic) bond motifs is 2. The molecule has 0 unspecified atom stereocenters. The number of nitrogens with one attached hydrogen (secondary N) is 2. The average Bonchev–Trinajstić information content (AvgIpc) is 3.28. The fourth-order valence-corrected chi connectivity index (χ4v) is 3.35. The van der Waals surface area contributed by atoms with Crippen molar-refractivity contribution in [2.24, 2.45) is 0 Å². The van der Waals surface area contributed by atoms with E-state index in [1.165, 1.54) is 10.9 Å². The first kappa shape index (κ1) is 16.4. The van der Waals surface area contributed by atoms with Gasteiger partial charge in [-0.05, 0) is 42.7 Å². The highest BCUT2D eigenvalue weighted by Crippen LogP contribution is 2.19. The standard InChI is InChI=1S/C21H22N4O/c1-2-25-14-24-19-11-15(7-9-20(19)25)12-23-21(26)10-8-16-13-22-18-6-4-3-5-17(16)18/h3-7,9,11,13-14,22H,2,8,10,12H2,1H3,(H,23,26). The Morgan fingerprint density at radius 1 is 1.23 bits per heavy atom. The lowest BCUT2D eigenvalue weighted by molar-refractivity contribution is -0.121. The van der Waals surface area contributed by atoms with Crippen molar-refractivity contribution in [2.45, 2.75) is 32.9 Å². The van der Waals surface area contributed by atoms with Gasteiger partial charge < -0.3 is 14.9 Å². The third-order valence-corrected chi connectivity index (χ3v) is 4.81. The maximum absolute atomic E-state index is 12.2. The molecule has 2 aromatic heterocycles. The molecule has 1 amide bonds. The van der Waals surface area contributed by atoms with E-state index in [1.54, 1.807) is 0 Å². The van der Waals surface area contributed by atoms with Crippen LogP contribution in [0.15, 0.2) is 55.0 Å². The normalized spacial score (nSPS) is 11.3. The first-order chi connectivity index (χ1) is 12.7. The lowest BCUT2D eigenvalue weighted by Crippen LogP contribution is -2.22. The van der Waals surface area contributed by atoms with Crippen LogP contribution in [0.4, 0.5) is 0 Å². The maximum Gasteiger partial charge on any atom is 0.220 e. The first-order valence-electron chi connectivity index (χ1n) is 9.00. The molecule has 5 heteroatoms. The highest BCUT2D eigenvalue weighted by atomic mass is 16.1. The van der Waals surface area contributed by atoms with Crippen LogP contribution < -0.4 is 5.32 Å². The summed E-state index contributed by atoms with van der Waals surface area (Å²) in [6, 6.07) is 14.3. The maximum atomic E-state index is 12.2. The molecule has 0 aliphatic rings. The van der Waals surface area contributed by atoms with Gasteiger partial charge in [0.1, 0.15) is 0 Å². The molecule has 4 rings (SSSR count). The van der Waals surface area contributed by atoms with Crippen molar-refractivity contribution in [2.75, 3.05) is 0 Å². The molecule has 0 spiro atoms. The second-order valence-electron chi connectivity index (χ2n) is 6.49. The Morgan fingerprint density at radius 2 is 2.12 bits per heavy atom. The lowest BCUT2D eigenvalue weighted by atomic mass is 10.1. The van der Waals surface area contributed by atoms with Gasteiger partial charge in [-0.25, -0.2) is 4.98 Å². The molecule has 0 saturated carbocycles. The third-order valence-electron chi connectivity index (χ3n) is 4.81. The number of aromatic nitrogens is 3. The molecule has 26 heavy (non-hydrogen) atoms. The number of nitrogens with zero attached hydrogens (tertiary/aromatic N) is 2. The van der Waals surface area contributed by atoms with Crippen LogP contribution >= 0.6 is 0 Å². The fraction of sp³-hybridized carbons (Fsp3) is 0.238. The van der Waals surface area contributed by atoms with Crippen LogP contribution in [0, 0.1) is 0 Å². The number of para-hydroxylation sites is 1. The number of carbonyl (C=O) groups is 1. The minimum Gasteiger partial charge on any atom is -0.361 e. The summed E-state index contributed by atoms with van der Waals surface area (Å²) in [4.78, 5) is 19.9. The summed E-state index contributed by atoms with van der Waals surface area (Å²) in [7, 11) is 0. The van der Waals surface area contributed by atoms with Crippen molar-refractivity contribution in [3.8, 4) is 0 Å². The van der Waals surface area contributed by atoms with E-state index in [-0.39, 0.29) is 5.91 Å². The van der Waals surface area contributed by atoms with Crippen molar-refractivity contribution in [3.63, 3.8) is 0 Å². The Bertz CT molecular complexity index is 1060. The van der Waals surface area contributed by atoms with Crippen molar-refractivity contribution in [1.29, 1.82) is 0 Å². The summed E-state index contributed by atoms with van der Waals surface area (Å²) in [5.74, 6) is 0.0643. The Hall–Kier alpha value is -3.08. The molecule has 4 aromatic rings. The fourth-order valence-electron chi connectivity index (χ4n) is 3.35. The monoisotopic (exact) mass is 346 g/mol. The molecule has 0 saturated heterocycles. The molecule has 0 aliphatic carbocycles. The molecule has 0 radical (unpaired) electrons. The van der Waals surface area contributed by atoms with Gasteiger partial charge in [-0.1, -0.05) is 24.3 Å². The summed E-state index contributed by atoms with van der Waals surface area (Å²) < 4.78 is 2.11. The van der Waals surface area contributed by atoms with Gasteiger partial charge in [-0.2, -0.15) is 0 Å². The van der Waals surface area contributed by atoms with Crippen LogP contribution in [0.2, 0.25) is 0 Å². The Kier molecular flexibility index (Phi) is 4.44. The number of rotatable bonds is 6.